The van der Waals surface area contributed by atoms with Crippen LogP contribution in [0, 0.1) is 16.7 Å². The summed E-state index contributed by atoms with van der Waals surface area (Å²) in [5, 5.41) is 2.87. The lowest BCUT2D eigenvalue weighted by Gasteiger charge is -2.41. The zero-order valence-electron chi connectivity index (χ0n) is 23.1. The second-order valence-corrected chi connectivity index (χ2v) is 12.6. The topological polar surface area (TPSA) is 58.6 Å². The van der Waals surface area contributed by atoms with Crippen LogP contribution < -0.4 is 5.32 Å². The molecule has 0 bridgehead atoms. The third kappa shape index (κ3) is 7.35. The van der Waals surface area contributed by atoms with Gasteiger partial charge in [-0.25, -0.2) is 4.79 Å². The highest BCUT2D eigenvalue weighted by molar-refractivity contribution is 5.82. The zero-order chi connectivity index (χ0) is 26.6. The number of ether oxygens (including phenoxy) is 1. The summed E-state index contributed by atoms with van der Waals surface area (Å²) in [6, 6.07) is 21.2. The van der Waals surface area contributed by atoms with Crippen molar-refractivity contribution in [3.05, 3.63) is 71.8 Å². The fourth-order valence-corrected chi connectivity index (χ4v) is 5.86. The summed E-state index contributed by atoms with van der Waals surface area (Å²) < 4.78 is 5.35. The van der Waals surface area contributed by atoms with Gasteiger partial charge < -0.3 is 15.0 Å². The van der Waals surface area contributed by atoms with Crippen molar-refractivity contribution < 1.29 is 14.3 Å². The normalized spacial score (nSPS) is 16.8. The van der Waals surface area contributed by atoms with Crippen molar-refractivity contribution in [3.8, 4) is 0 Å². The van der Waals surface area contributed by atoms with Gasteiger partial charge in [0.25, 0.3) is 0 Å². The number of hydrogen-bond acceptors (Lipinski definition) is 3. The molecule has 2 aromatic rings. The molecule has 5 nitrogen and oxygen atoms in total. The molecule has 1 unspecified atom stereocenters. The Kier molecular flexibility index (Phi) is 8.53. The van der Waals surface area contributed by atoms with E-state index in [9.17, 15) is 9.59 Å². The van der Waals surface area contributed by atoms with Crippen molar-refractivity contribution in [1.29, 1.82) is 0 Å². The molecule has 1 saturated heterocycles. The Balaban J connectivity index is 1.68. The number of hydrogen-bond donors (Lipinski definition) is 1. The minimum atomic E-state index is -0.518. The Morgan fingerprint density at radius 1 is 0.917 bits per heavy atom. The van der Waals surface area contributed by atoms with E-state index < -0.39 is 17.1 Å². The molecular weight excluding hydrogens is 448 g/mol. The van der Waals surface area contributed by atoms with Crippen LogP contribution in [-0.4, -0.2) is 42.1 Å². The van der Waals surface area contributed by atoms with Crippen LogP contribution in [-0.2, 0) is 9.53 Å². The maximum absolute atomic E-state index is 13.7. The Hall–Kier alpha value is -2.82. The van der Waals surface area contributed by atoms with Gasteiger partial charge in [-0.3, -0.25) is 4.79 Å². The van der Waals surface area contributed by atoms with Crippen LogP contribution in [0.25, 0.3) is 0 Å². The molecule has 0 aromatic heterocycles. The van der Waals surface area contributed by atoms with Crippen molar-refractivity contribution in [2.75, 3.05) is 19.6 Å². The predicted octanol–water partition coefficient (Wildman–Crippen LogP) is 6.63. The summed E-state index contributed by atoms with van der Waals surface area (Å²) in [5.74, 6) is 0.609. The molecule has 1 heterocycles. The molecule has 0 spiro atoms. The lowest BCUT2D eigenvalue weighted by Crippen LogP contribution is -2.43. The first-order valence-corrected chi connectivity index (χ1v) is 13.1. The van der Waals surface area contributed by atoms with Gasteiger partial charge in [-0.1, -0.05) is 88.4 Å². The maximum Gasteiger partial charge on any atom is 0.407 e. The van der Waals surface area contributed by atoms with Gasteiger partial charge in [0.2, 0.25) is 5.91 Å². The SMILES string of the molecule is CC(C)(C)OC(=O)NCC1CCN(C(=O)C(C)(C)CC(C)(C)C(c2ccccc2)c2ccccc2)C1. The third-order valence-corrected chi connectivity index (χ3v) is 7.03. The quantitative estimate of drug-likeness (QED) is 0.450. The molecule has 2 aromatic carbocycles. The van der Waals surface area contributed by atoms with E-state index >= 15 is 0 Å². The molecule has 1 atom stereocenters. The van der Waals surface area contributed by atoms with Gasteiger partial charge in [-0.2, -0.15) is 0 Å². The van der Waals surface area contributed by atoms with E-state index in [2.05, 4.69) is 81.5 Å². The van der Waals surface area contributed by atoms with Crippen LogP contribution >= 0.6 is 0 Å². The summed E-state index contributed by atoms with van der Waals surface area (Å²) in [4.78, 5) is 27.7. The average Bonchev–Trinajstić information content (AvgIpc) is 3.25. The third-order valence-electron chi connectivity index (χ3n) is 7.03. The summed E-state index contributed by atoms with van der Waals surface area (Å²) in [6.45, 7) is 16.2. The largest absolute Gasteiger partial charge is 0.444 e. The van der Waals surface area contributed by atoms with Gasteiger partial charge in [0, 0.05) is 31.0 Å². The Labute approximate surface area is 217 Å². The number of carbonyl (C=O) groups excluding carboxylic acids is 2. The molecule has 2 amide bonds. The number of nitrogens with zero attached hydrogens (tertiary/aromatic N) is 1. The Morgan fingerprint density at radius 3 is 1.94 bits per heavy atom. The van der Waals surface area contributed by atoms with Crippen molar-refractivity contribution in [3.63, 3.8) is 0 Å². The summed E-state index contributed by atoms with van der Waals surface area (Å²) in [6.07, 6.45) is 1.24. The Morgan fingerprint density at radius 2 is 1.44 bits per heavy atom. The average molecular weight is 493 g/mol. The van der Waals surface area contributed by atoms with Crippen LogP contribution in [0.5, 0.6) is 0 Å². The first kappa shape index (κ1) is 27.8. The second-order valence-electron chi connectivity index (χ2n) is 12.6. The fourth-order valence-electron chi connectivity index (χ4n) is 5.86. The molecule has 0 aliphatic carbocycles. The smallest absolute Gasteiger partial charge is 0.407 e. The van der Waals surface area contributed by atoms with Gasteiger partial charge in [0.1, 0.15) is 5.60 Å². The van der Waals surface area contributed by atoms with Crippen molar-refractivity contribution >= 4 is 12.0 Å². The standard InChI is InChI=1S/C31H44N2O3/c1-29(2,3)36-28(35)32-20-23-18-19-33(21-23)27(34)31(6,7)22-30(4,5)26(24-14-10-8-11-15-24)25-16-12-9-13-17-25/h8-17,23,26H,18-22H2,1-7H3,(H,32,35). The molecular formula is C31H44N2O3. The van der Waals surface area contributed by atoms with E-state index in [1.165, 1.54) is 11.1 Å². The molecule has 1 aliphatic heterocycles. The van der Waals surface area contributed by atoms with Crippen molar-refractivity contribution in [1.82, 2.24) is 10.2 Å². The van der Waals surface area contributed by atoms with Crippen molar-refractivity contribution in [2.24, 2.45) is 16.7 Å². The highest BCUT2D eigenvalue weighted by Gasteiger charge is 2.43. The summed E-state index contributed by atoms with van der Waals surface area (Å²) >= 11 is 0. The molecule has 1 fully saturated rings. The fraction of sp³-hybridized carbons (Fsp3) is 0.548. The number of benzene rings is 2. The number of alkyl carbamates (subject to hydrolysis) is 1. The molecule has 196 valence electrons. The van der Waals surface area contributed by atoms with Crippen LogP contribution in [0.3, 0.4) is 0 Å². The van der Waals surface area contributed by atoms with Crippen LogP contribution in [0.15, 0.2) is 60.7 Å². The van der Waals surface area contributed by atoms with E-state index in [4.69, 9.17) is 4.74 Å². The molecule has 0 radical (unpaired) electrons. The monoisotopic (exact) mass is 492 g/mol. The van der Waals surface area contributed by atoms with E-state index in [0.717, 1.165) is 19.4 Å². The van der Waals surface area contributed by atoms with Gasteiger partial charge >= 0.3 is 6.09 Å². The Bertz CT molecular complexity index is 970. The number of likely N-dealkylation sites (tertiary alicyclic amines) is 1. The first-order chi connectivity index (χ1) is 16.8. The highest BCUT2D eigenvalue weighted by atomic mass is 16.6. The molecule has 1 aliphatic rings. The van der Waals surface area contributed by atoms with Gasteiger partial charge in [-0.05, 0) is 56.1 Å². The number of carbonyl (C=O) groups is 2. The zero-order valence-corrected chi connectivity index (χ0v) is 23.1. The highest BCUT2D eigenvalue weighted by Crippen LogP contribution is 2.48. The van der Waals surface area contributed by atoms with E-state index in [0.29, 0.717) is 13.1 Å². The first-order valence-electron chi connectivity index (χ1n) is 13.1. The molecule has 1 N–H and O–H groups in total. The lowest BCUT2D eigenvalue weighted by atomic mass is 9.64. The van der Waals surface area contributed by atoms with E-state index in [1.54, 1.807) is 0 Å². The number of nitrogens with one attached hydrogen (secondary N) is 1. The van der Waals surface area contributed by atoms with Crippen LogP contribution in [0.4, 0.5) is 4.79 Å². The number of rotatable bonds is 8. The molecule has 3 rings (SSSR count). The summed E-state index contributed by atoms with van der Waals surface area (Å²) in [7, 11) is 0. The van der Waals surface area contributed by atoms with Crippen LogP contribution in [0.1, 0.15) is 78.4 Å². The minimum absolute atomic E-state index is 0.154. The predicted molar refractivity (Wildman–Crippen MR) is 146 cm³/mol. The van der Waals surface area contributed by atoms with E-state index in [1.807, 2.05) is 37.8 Å². The second kappa shape index (κ2) is 11.1. The van der Waals surface area contributed by atoms with Gasteiger partial charge in [-0.15, -0.1) is 0 Å². The maximum atomic E-state index is 13.7. The van der Waals surface area contributed by atoms with Crippen LogP contribution in [0.2, 0.25) is 0 Å². The lowest BCUT2D eigenvalue weighted by molar-refractivity contribution is -0.141. The van der Waals surface area contributed by atoms with Gasteiger partial charge in [0.15, 0.2) is 0 Å². The minimum Gasteiger partial charge on any atom is -0.444 e. The summed E-state index contributed by atoms with van der Waals surface area (Å²) in [5.41, 5.74) is 1.35. The molecule has 5 heteroatoms. The van der Waals surface area contributed by atoms with Crippen molar-refractivity contribution in [2.45, 2.75) is 72.8 Å². The molecule has 36 heavy (non-hydrogen) atoms. The van der Waals surface area contributed by atoms with Gasteiger partial charge in [0.05, 0.1) is 0 Å². The number of amides is 2. The van der Waals surface area contributed by atoms with E-state index in [-0.39, 0.29) is 23.2 Å². The molecule has 0 saturated carbocycles.